The van der Waals surface area contributed by atoms with Gasteiger partial charge in [-0.1, -0.05) is 12.1 Å². The summed E-state index contributed by atoms with van der Waals surface area (Å²) >= 11 is 0. The van der Waals surface area contributed by atoms with Gasteiger partial charge in [0.2, 0.25) is 5.91 Å². The fourth-order valence-electron chi connectivity index (χ4n) is 2.12. The van der Waals surface area contributed by atoms with Crippen molar-refractivity contribution in [2.45, 2.75) is 19.8 Å². The predicted molar refractivity (Wildman–Crippen MR) is 83.7 cm³/mol. The Kier molecular flexibility index (Phi) is 5.25. The Balaban J connectivity index is 2.01. The van der Waals surface area contributed by atoms with Gasteiger partial charge in [0.15, 0.2) is 0 Å². The van der Waals surface area contributed by atoms with E-state index in [1.807, 2.05) is 12.1 Å². The number of amides is 1. The summed E-state index contributed by atoms with van der Waals surface area (Å²) < 4.78 is 4.72. The van der Waals surface area contributed by atoms with Gasteiger partial charge in [-0.2, -0.15) is 0 Å². The summed E-state index contributed by atoms with van der Waals surface area (Å²) in [6, 6.07) is 8.94. The first-order valence-electron chi connectivity index (χ1n) is 6.98. The maximum atomic E-state index is 12.0. The normalized spacial score (nSPS) is 10.1. The molecule has 0 saturated heterocycles. The van der Waals surface area contributed by atoms with E-state index in [9.17, 15) is 9.59 Å². The average molecular weight is 298 g/mol. The first-order chi connectivity index (χ1) is 10.6. The van der Waals surface area contributed by atoms with Gasteiger partial charge in [-0.25, -0.2) is 4.79 Å². The quantitative estimate of drug-likeness (QED) is 0.862. The maximum Gasteiger partial charge on any atom is 0.338 e. The molecule has 2 rings (SSSR count). The summed E-state index contributed by atoms with van der Waals surface area (Å²) in [5.41, 5.74) is 2.79. The van der Waals surface area contributed by atoms with Gasteiger partial charge in [0.1, 0.15) is 0 Å². The van der Waals surface area contributed by atoms with Crippen molar-refractivity contribution in [3.63, 3.8) is 0 Å². The van der Waals surface area contributed by atoms with Crippen LogP contribution in [-0.4, -0.2) is 24.0 Å². The highest BCUT2D eigenvalue weighted by atomic mass is 16.5. The molecule has 0 fully saturated rings. The minimum Gasteiger partial charge on any atom is -0.465 e. The van der Waals surface area contributed by atoms with Crippen molar-refractivity contribution in [3.8, 4) is 0 Å². The minimum absolute atomic E-state index is 0.103. The maximum absolute atomic E-state index is 12.0. The number of nitrogens with one attached hydrogen (secondary N) is 1. The summed E-state index contributed by atoms with van der Waals surface area (Å²) in [6.07, 6.45) is 4.42. The molecular formula is C17H18N2O3. The lowest BCUT2D eigenvalue weighted by Gasteiger charge is -2.11. The van der Waals surface area contributed by atoms with Gasteiger partial charge in [-0.05, 0) is 42.7 Å². The average Bonchev–Trinajstić information content (AvgIpc) is 2.55. The molecule has 2 aromatic rings. The number of aryl methyl sites for hydroxylation is 1. The summed E-state index contributed by atoms with van der Waals surface area (Å²) in [7, 11) is 1.33. The van der Waals surface area contributed by atoms with Gasteiger partial charge >= 0.3 is 5.97 Å². The molecule has 1 amide bonds. The van der Waals surface area contributed by atoms with Gasteiger partial charge in [0, 0.05) is 24.5 Å². The molecule has 0 saturated carbocycles. The van der Waals surface area contributed by atoms with Crippen molar-refractivity contribution >= 4 is 17.6 Å². The van der Waals surface area contributed by atoms with Crippen molar-refractivity contribution in [1.82, 2.24) is 4.98 Å². The Morgan fingerprint density at radius 3 is 2.73 bits per heavy atom. The zero-order valence-corrected chi connectivity index (χ0v) is 12.6. The molecule has 0 aliphatic rings. The monoisotopic (exact) mass is 298 g/mol. The Hall–Kier alpha value is -2.69. The molecule has 1 aromatic heterocycles. The molecule has 0 bridgehead atoms. The van der Waals surface area contributed by atoms with Crippen LogP contribution in [0, 0.1) is 6.92 Å². The molecule has 5 nitrogen and oxygen atoms in total. The number of rotatable bonds is 5. The van der Waals surface area contributed by atoms with Gasteiger partial charge in [0.05, 0.1) is 12.7 Å². The second-order valence-electron chi connectivity index (χ2n) is 4.88. The third-order valence-corrected chi connectivity index (χ3v) is 3.38. The topological polar surface area (TPSA) is 68.3 Å². The van der Waals surface area contributed by atoms with Crippen LogP contribution in [0.4, 0.5) is 5.69 Å². The van der Waals surface area contributed by atoms with Crippen LogP contribution >= 0.6 is 0 Å². The summed E-state index contributed by atoms with van der Waals surface area (Å²) in [4.78, 5) is 27.7. The van der Waals surface area contributed by atoms with Crippen LogP contribution in [0.3, 0.4) is 0 Å². The van der Waals surface area contributed by atoms with E-state index in [1.165, 1.54) is 7.11 Å². The summed E-state index contributed by atoms with van der Waals surface area (Å²) in [6.45, 7) is 1.78. The van der Waals surface area contributed by atoms with Crippen LogP contribution in [-0.2, 0) is 16.0 Å². The second kappa shape index (κ2) is 7.36. The Morgan fingerprint density at radius 1 is 1.23 bits per heavy atom. The number of anilines is 1. The highest BCUT2D eigenvalue weighted by Gasteiger charge is 2.13. The van der Waals surface area contributed by atoms with Crippen LogP contribution in [0.25, 0.3) is 0 Å². The zero-order valence-electron chi connectivity index (χ0n) is 12.6. The molecule has 0 unspecified atom stereocenters. The molecule has 1 heterocycles. The van der Waals surface area contributed by atoms with Gasteiger partial charge in [0.25, 0.3) is 0 Å². The molecular weight excluding hydrogens is 280 g/mol. The van der Waals surface area contributed by atoms with Crippen LogP contribution in [0.1, 0.15) is 27.9 Å². The van der Waals surface area contributed by atoms with Gasteiger partial charge in [-0.3, -0.25) is 9.78 Å². The number of aromatic nitrogens is 1. The fraction of sp³-hybridized carbons (Fsp3) is 0.235. The number of hydrogen-bond acceptors (Lipinski definition) is 4. The molecule has 0 aliphatic carbocycles. The van der Waals surface area contributed by atoms with Crippen LogP contribution in [0.15, 0.2) is 42.7 Å². The number of methoxy groups -OCH3 is 1. The lowest BCUT2D eigenvalue weighted by atomic mass is 10.1. The Morgan fingerprint density at radius 2 is 2.05 bits per heavy atom. The molecule has 0 aliphatic heterocycles. The van der Waals surface area contributed by atoms with Crippen molar-refractivity contribution in [1.29, 1.82) is 0 Å². The highest BCUT2D eigenvalue weighted by molar-refractivity contribution is 5.96. The Labute approximate surface area is 129 Å². The lowest BCUT2D eigenvalue weighted by Crippen LogP contribution is -2.14. The van der Waals surface area contributed by atoms with E-state index in [-0.39, 0.29) is 5.91 Å². The number of hydrogen-bond donors (Lipinski definition) is 1. The van der Waals surface area contributed by atoms with Crippen LogP contribution < -0.4 is 5.32 Å². The first kappa shape index (κ1) is 15.7. The van der Waals surface area contributed by atoms with Crippen LogP contribution in [0.5, 0.6) is 0 Å². The molecule has 1 aromatic carbocycles. The third-order valence-electron chi connectivity index (χ3n) is 3.38. The second-order valence-corrected chi connectivity index (χ2v) is 4.88. The van der Waals surface area contributed by atoms with E-state index >= 15 is 0 Å². The SMILES string of the molecule is COC(=O)c1cccc(NC(=O)CCc2cccnc2)c1C. The van der Waals surface area contributed by atoms with E-state index in [4.69, 9.17) is 4.74 Å². The number of pyridine rings is 1. The van der Waals surface area contributed by atoms with Gasteiger partial charge in [-0.15, -0.1) is 0 Å². The molecule has 0 spiro atoms. The number of carbonyl (C=O) groups is 2. The molecule has 5 heteroatoms. The van der Waals surface area contributed by atoms with E-state index < -0.39 is 5.97 Å². The molecule has 0 atom stereocenters. The van der Waals surface area contributed by atoms with E-state index in [0.29, 0.717) is 29.7 Å². The van der Waals surface area contributed by atoms with E-state index in [1.54, 1.807) is 37.5 Å². The molecule has 0 radical (unpaired) electrons. The predicted octanol–water partition coefficient (Wildman–Crippen LogP) is 2.75. The third kappa shape index (κ3) is 3.91. The molecule has 1 N–H and O–H groups in total. The minimum atomic E-state index is -0.413. The smallest absolute Gasteiger partial charge is 0.338 e. The van der Waals surface area contributed by atoms with Crippen molar-refractivity contribution in [2.24, 2.45) is 0 Å². The lowest BCUT2D eigenvalue weighted by molar-refractivity contribution is -0.116. The highest BCUT2D eigenvalue weighted by Crippen LogP contribution is 2.20. The fourth-order valence-corrected chi connectivity index (χ4v) is 2.12. The number of esters is 1. The van der Waals surface area contributed by atoms with E-state index in [2.05, 4.69) is 10.3 Å². The number of carbonyl (C=O) groups excluding carboxylic acids is 2. The zero-order chi connectivity index (χ0) is 15.9. The van der Waals surface area contributed by atoms with Crippen LogP contribution in [0.2, 0.25) is 0 Å². The number of nitrogens with zero attached hydrogens (tertiary/aromatic N) is 1. The molecule has 22 heavy (non-hydrogen) atoms. The first-order valence-corrected chi connectivity index (χ1v) is 6.98. The number of benzene rings is 1. The van der Waals surface area contributed by atoms with Crippen molar-refractivity contribution < 1.29 is 14.3 Å². The van der Waals surface area contributed by atoms with E-state index in [0.717, 1.165) is 5.56 Å². The Bertz CT molecular complexity index is 669. The summed E-state index contributed by atoms with van der Waals surface area (Å²) in [5.74, 6) is -0.516. The standard InChI is InChI=1S/C17H18N2O3/c1-12-14(17(21)22-2)6-3-7-15(12)19-16(20)9-8-13-5-4-10-18-11-13/h3-7,10-11H,8-9H2,1-2H3,(H,19,20). The summed E-state index contributed by atoms with van der Waals surface area (Å²) in [5, 5.41) is 2.83. The number of ether oxygens (including phenoxy) is 1. The van der Waals surface area contributed by atoms with Gasteiger partial charge < -0.3 is 10.1 Å². The van der Waals surface area contributed by atoms with Crippen molar-refractivity contribution in [2.75, 3.05) is 12.4 Å². The molecule has 114 valence electrons. The van der Waals surface area contributed by atoms with Crippen molar-refractivity contribution in [3.05, 3.63) is 59.4 Å². The largest absolute Gasteiger partial charge is 0.465 e.